The summed E-state index contributed by atoms with van der Waals surface area (Å²) >= 11 is 0. The van der Waals surface area contributed by atoms with Gasteiger partial charge in [-0.2, -0.15) is 0 Å². The van der Waals surface area contributed by atoms with Crippen molar-refractivity contribution < 1.29 is 22.7 Å². The molecule has 0 aliphatic rings. The number of nitrogens with one attached hydrogen (secondary N) is 1. The van der Waals surface area contributed by atoms with Gasteiger partial charge in [0.1, 0.15) is 18.3 Å². The van der Waals surface area contributed by atoms with E-state index >= 15 is 0 Å². The maximum Gasteiger partial charge on any atom is 0.264 e. The average Bonchev–Trinajstić information content (AvgIpc) is 3.06. The van der Waals surface area contributed by atoms with Crippen molar-refractivity contribution in [2.45, 2.75) is 57.5 Å². The number of amides is 2. The Kier molecular flexibility index (Phi) is 12.4. The third-order valence-electron chi connectivity index (χ3n) is 7.58. The lowest BCUT2D eigenvalue weighted by molar-refractivity contribution is -0.140. The number of unbranched alkanes of at least 4 members (excludes halogenated alkanes) is 1. The summed E-state index contributed by atoms with van der Waals surface area (Å²) in [7, 11) is -4.17. The third kappa shape index (κ3) is 9.20. The second-order valence-corrected chi connectivity index (χ2v) is 13.0. The van der Waals surface area contributed by atoms with E-state index < -0.39 is 28.5 Å². The van der Waals surface area contributed by atoms with E-state index in [9.17, 15) is 18.0 Å². The number of hydrogen-bond donors (Lipinski definition) is 1. The molecular formula is C37H43N3O5S. The summed E-state index contributed by atoms with van der Waals surface area (Å²) in [6.07, 6.45) is 1.98. The summed E-state index contributed by atoms with van der Waals surface area (Å²) in [6, 6.07) is 31.1. The molecule has 9 heteroatoms. The fourth-order valence-corrected chi connectivity index (χ4v) is 6.63. The Morgan fingerprint density at radius 2 is 1.48 bits per heavy atom. The van der Waals surface area contributed by atoms with E-state index in [2.05, 4.69) is 5.32 Å². The molecule has 0 aromatic heterocycles. The van der Waals surface area contributed by atoms with Crippen LogP contribution in [0.5, 0.6) is 5.75 Å². The molecule has 0 saturated carbocycles. The van der Waals surface area contributed by atoms with Crippen molar-refractivity contribution in [3.05, 3.63) is 126 Å². The van der Waals surface area contributed by atoms with Crippen molar-refractivity contribution in [2.24, 2.45) is 0 Å². The molecule has 0 aliphatic carbocycles. The maximum atomic E-state index is 14.5. The first-order valence-electron chi connectivity index (χ1n) is 15.7. The van der Waals surface area contributed by atoms with E-state index in [1.807, 2.05) is 75.4 Å². The predicted molar refractivity (Wildman–Crippen MR) is 182 cm³/mol. The second kappa shape index (κ2) is 16.6. The van der Waals surface area contributed by atoms with Gasteiger partial charge in [0.25, 0.3) is 10.0 Å². The standard InChI is InChI=1S/C37H43N3O5S/c1-4-6-24-38-37(42)35(26-30-15-9-7-10-16-30)39(27-31-17-13-14-29(3)25-31)36(41)28-40(32-20-22-33(23-21-32)45-5-2)46(43,44)34-18-11-8-12-19-34/h7-23,25,35H,4-6,24,26-28H2,1-3H3,(H,38,42). The van der Waals surface area contributed by atoms with Gasteiger partial charge >= 0.3 is 0 Å². The average molecular weight is 642 g/mol. The summed E-state index contributed by atoms with van der Waals surface area (Å²) in [5, 5.41) is 3.02. The van der Waals surface area contributed by atoms with Gasteiger partial charge in [-0.3, -0.25) is 13.9 Å². The lowest BCUT2D eigenvalue weighted by Crippen LogP contribution is -2.53. The van der Waals surface area contributed by atoms with Gasteiger partial charge in [0, 0.05) is 19.5 Å². The lowest BCUT2D eigenvalue weighted by Gasteiger charge is -2.34. The summed E-state index contributed by atoms with van der Waals surface area (Å²) in [5.74, 6) is -0.194. The molecule has 1 unspecified atom stereocenters. The Bertz CT molecular complexity index is 1660. The number of benzene rings is 4. The Hall–Kier alpha value is -4.63. The van der Waals surface area contributed by atoms with Crippen LogP contribution in [0.15, 0.2) is 114 Å². The molecule has 46 heavy (non-hydrogen) atoms. The smallest absolute Gasteiger partial charge is 0.264 e. The van der Waals surface area contributed by atoms with Gasteiger partial charge in [-0.05, 0) is 67.8 Å². The molecule has 0 saturated heterocycles. The van der Waals surface area contributed by atoms with E-state index in [0.717, 1.165) is 33.8 Å². The molecule has 4 rings (SSSR count). The maximum absolute atomic E-state index is 14.5. The molecule has 0 heterocycles. The van der Waals surface area contributed by atoms with Crippen LogP contribution in [-0.2, 0) is 32.6 Å². The molecule has 4 aromatic rings. The molecule has 0 radical (unpaired) electrons. The van der Waals surface area contributed by atoms with Crippen molar-refractivity contribution in [1.82, 2.24) is 10.2 Å². The Labute approximate surface area is 273 Å². The summed E-state index contributed by atoms with van der Waals surface area (Å²) in [5.41, 5.74) is 3.05. The molecule has 242 valence electrons. The highest BCUT2D eigenvalue weighted by molar-refractivity contribution is 7.92. The van der Waals surface area contributed by atoms with Crippen LogP contribution in [0.1, 0.15) is 43.4 Å². The van der Waals surface area contributed by atoms with Gasteiger partial charge in [0.05, 0.1) is 17.2 Å². The molecule has 1 atom stereocenters. The Morgan fingerprint density at radius 1 is 0.826 bits per heavy atom. The van der Waals surface area contributed by atoms with Crippen molar-refractivity contribution in [2.75, 3.05) is 24.0 Å². The van der Waals surface area contributed by atoms with Crippen molar-refractivity contribution in [1.29, 1.82) is 0 Å². The highest BCUT2D eigenvalue weighted by atomic mass is 32.2. The number of anilines is 1. The van der Waals surface area contributed by atoms with Crippen LogP contribution in [0.4, 0.5) is 5.69 Å². The minimum Gasteiger partial charge on any atom is -0.494 e. The second-order valence-electron chi connectivity index (χ2n) is 11.1. The number of aryl methyl sites for hydroxylation is 1. The van der Waals surface area contributed by atoms with Crippen LogP contribution >= 0.6 is 0 Å². The zero-order valence-corrected chi connectivity index (χ0v) is 27.6. The molecule has 4 aromatic carbocycles. The Morgan fingerprint density at radius 3 is 2.11 bits per heavy atom. The quantitative estimate of drug-likeness (QED) is 0.148. The first kappa shape index (κ1) is 34.2. The number of carbonyl (C=O) groups is 2. The first-order valence-corrected chi connectivity index (χ1v) is 17.1. The van der Waals surface area contributed by atoms with Crippen LogP contribution in [0.2, 0.25) is 0 Å². The van der Waals surface area contributed by atoms with E-state index in [1.54, 1.807) is 42.5 Å². The lowest BCUT2D eigenvalue weighted by atomic mass is 10.0. The molecule has 0 fully saturated rings. The fourth-order valence-electron chi connectivity index (χ4n) is 5.19. The number of nitrogens with zero attached hydrogens (tertiary/aromatic N) is 2. The Balaban J connectivity index is 1.78. The number of carbonyl (C=O) groups excluding carboxylic acids is 2. The monoisotopic (exact) mass is 641 g/mol. The molecule has 8 nitrogen and oxygen atoms in total. The minimum atomic E-state index is -4.17. The number of ether oxygens (including phenoxy) is 1. The minimum absolute atomic E-state index is 0.0556. The molecule has 0 spiro atoms. The predicted octanol–water partition coefficient (Wildman–Crippen LogP) is 6.15. The highest BCUT2D eigenvalue weighted by Gasteiger charge is 2.34. The van der Waals surface area contributed by atoms with Crippen LogP contribution < -0.4 is 14.4 Å². The van der Waals surface area contributed by atoms with Gasteiger partial charge < -0.3 is 15.0 Å². The molecule has 1 N–H and O–H groups in total. The molecule has 2 amide bonds. The third-order valence-corrected chi connectivity index (χ3v) is 9.37. The van der Waals surface area contributed by atoms with Crippen LogP contribution in [0, 0.1) is 6.92 Å². The van der Waals surface area contributed by atoms with Gasteiger partial charge in [-0.1, -0.05) is 91.7 Å². The summed E-state index contributed by atoms with van der Waals surface area (Å²) < 4.78 is 34.9. The van der Waals surface area contributed by atoms with Crippen LogP contribution in [0.3, 0.4) is 0 Å². The molecule has 0 aliphatic heterocycles. The van der Waals surface area contributed by atoms with E-state index in [0.29, 0.717) is 24.6 Å². The zero-order chi connectivity index (χ0) is 32.9. The van der Waals surface area contributed by atoms with Gasteiger partial charge in [0.15, 0.2) is 0 Å². The zero-order valence-electron chi connectivity index (χ0n) is 26.8. The highest BCUT2D eigenvalue weighted by Crippen LogP contribution is 2.27. The molecule has 0 bridgehead atoms. The number of sulfonamides is 1. The van der Waals surface area contributed by atoms with Crippen molar-refractivity contribution >= 4 is 27.5 Å². The summed E-state index contributed by atoms with van der Waals surface area (Å²) in [6.45, 7) is 6.44. The van der Waals surface area contributed by atoms with E-state index in [1.165, 1.54) is 17.0 Å². The molecular weight excluding hydrogens is 598 g/mol. The van der Waals surface area contributed by atoms with Crippen LogP contribution in [0.25, 0.3) is 0 Å². The van der Waals surface area contributed by atoms with Crippen molar-refractivity contribution in [3.8, 4) is 5.75 Å². The van der Waals surface area contributed by atoms with Gasteiger partial charge in [0.2, 0.25) is 11.8 Å². The van der Waals surface area contributed by atoms with Gasteiger partial charge in [-0.25, -0.2) is 8.42 Å². The van der Waals surface area contributed by atoms with Crippen molar-refractivity contribution in [3.63, 3.8) is 0 Å². The fraction of sp³-hybridized carbons (Fsp3) is 0.297. The van der Waals surface area contributed by atoms with E-state index in [4.69, 9.17) is 4.74 Å². The number of rotatable bonds is 16. The van der Waals surface area contributed by atoms with E-state index in [-0.39, 0.29) is 23.8 Å². The topological polar surface area (TPSA) is 96.0 Å². The summed E-state index contributed by atoms with van der Waals surface area (Å²) in [4.78, 5) is 30.0. The number of hydrogen-bond acceptors (Lipinski definition) is 5. The first-order chi connectivity index (χ1) is 22.2. The normalized spacial score (nSPS) is 11.8. The largest absolute Gasteiger partial charge is 0.494 e. The van der Waals surface area contributed by atoms with Crippen LogP contribution in [-0.4, -0.2) is 50.9 Å². The van der Waals surface area contributed by atoms with Gasteiger partial charge in [-0.15, -0.1) is 0 Å². The SMILES string of the molecule is CCCCNC(=O)C(Cc1ccccc1)N(Cc1cccc(C)c1)C(=O)CN(c1ccc(OCC)cc1)S(=O)(=O)c1ccccc1.